The third-order valence-corrected chi connectivity index (χ3v) is 4.47. The van der Waals surface area contributed by atoms with E-state index in [4.69, 9.17) is 10.2 Å². The summed E-state index contributed by atoms with van der Waals surface area (Å²) in [5.74, 6) is -0.259. The highest BCUT2D eigenvalue weighted by molar-refractivity contribution is 9.10. The number of H-pyrrole nitrogens is 1. The molecule has 1 fully saturated rings. The van der Waals surface area contributed by atoms with Gasteiger partial charge in [-0.25, -0.2) is 9.89 Å². The minimum Gasteiger partial charge on any atom is -0.388 e. The maximum atomic E-state index is 11.0. The Morgan fingerprint density at radius 2 is 2.10 bits per heavy atom. The van der Waals surface area contributed by atoms with Crippen molar-refractivity contribution in [3.05, 3.63) is 33.2 Å². The summed E-state index contributed by atoms with van der Waals surface area (Å²) in [6, 6.07) is 6.45. The molecule has 1 saturated carbocycles. The van der Waals surface area contributed by atoms with Crippen LogP contribution in [0.15, 0.2) is 31.9 Å². The molecule has 1 aromatic heterocycles. The molecule has 1 aliphatic carbocycles. The van der Waals surface area contributed by atoms with Crippen LogP contribution in [0.5, 0.6) is 0 Å². The summed E-state index contributed by atoms with van der Waals surface area (Å²) in [6.07, 6.45) is 4.22. The minimum absolute atomic E-state index is 0.293. The standard InChI is InChI=1S/C14H17BrN4O2/c15-11-6-1-8(13-18-19-14(20)21-13)7-12(11)17-10-4-2-9(16)3-5-10/h1,6-7,9-10,17H,2-5,16H2,(H,19,20). The van der Waals surface area contributed by atoms with E-state index in [9.17, 15) is 4.79 Å². The molecule has 6 nitrogen and oxygen atoms in total. The van der Waals surface area contributed by atoms with Gasteiger partial charge < -0.3 is 15.5 Å². The SMILES string of the molecule is NC1CCC(Nc2cc(-c3n[nH]c(=O)o3)ccc2Br)CC1. The van der Waals surface area contributed by atoms with Crippen LogP contribution in [-0.4, -0.2) is 22.3 Å². The highest BCUT2D eigenvalue weighted by Gasteiger charge is 2.19. The number of anilines is 1. The smallest absolute Gasteiger partial charge is 0.388 e. The van der Waals surface area contributed by atoms with Gasteiger partial charge in [0.15, 0.2) is 0 Å². The number of rotatable bonds is 3. The Morgan fingerprint density at radius 3 is 2.76 bits per heavy atom. The summed E-state index contributed by atoms with van der Waals surface area (Å²) < 4.78 is 5.96. The third-order valence-electron chi connectivity index (χ3n) is 3.78. The van der Waals surface area contributed by atoms with Crippen molar-refractivity contribution >= 4 is 21.6 Å². The molecule has 1 aliphatic rings. The summed E-state index contributed by atoms with van der Waals surface area (Å²) in [6.45, 7) is 0. The molecule has 4 N–H and O–H groups in total. The van der Waals surface area contributed by atoms with Crippen LogP contribution in [0.2, 0.25) is 0 Å². The highest BCUT2D eigenvalue weighted by Crippen LogP contribution is 2.30. The van der Waals surface area contributed by atoms with Gasteiger partial charge >= 0.3 is 5.76 Å². The van der Waals surface area contributed by atoms with Gasteiger partial charge in [0.1, 0.15) is 0 Å². The summed E-state index contributed by atoms with van der Waals surface area (Å²) in [5.41, 5.74) is 7.66. The largest absolute Gasteiger partial charge is 0.434 e. The van der Waals surface area contributed by atoms with Crippen LogP contribution < -0.4 is 16.8 Å². The second kappa shape index (κ2) is 6.03. The van der Waals surface area contributed by atoms with Gasteiger partial charge in [0.25, 0.3) is 0 Å². The Hall–Kier alpha value is -1.60. The number of aromatic amines is 1. The number of aromatic nitrogens is 2. The maximum absolute atomic E-state index is 11.0. The average molecular weight is 353 g/mol. The van der Waals surface area contributed by atoms with Crippen molar-refractivity contribution in [3.8, 4) is 11.5 Å². The fraction of sp³-hybridized carbons (Fsp3) is 0.429. The van der Waals surface area contributed by atoms with Crippen LogP contribution in [0.1, 0.15) is 25.7 Å². The molecule has 0 atom stereocenters. The minimum atomic E-state index is -0.552. The van der Waals surface area contributed by atoms with Gasteiger partial charge in [0, 0.05) is 27.8 Å². The van der Waals surface area contributed by atoms with E-state index in [-0.39, 0.29) is 0 Å². The van der Waals surface area contributed by atoms with E-state index in [1.807, 2.05) is 18.2 Å². The second-order valence-electron chi connectivity index (χ2n) is 5.37. The van der Waals surface area contributed by atoms with Gasteiger partial charge in [-0.2, -0.15) is 0 Å². The molecule has 0 radical (unpaired) electrons. The lowest BCUT2D eigenvalue weighted by atomic mass is 9.91. The Morgan fingerprint density at radius 1 is 1.33 bits per heavy atom. The monoisotopic (exact) mass is 352 g/mol. The Labute approximate surface area is 130 Å². The average Bonchev–Trinajstić information content (AvgIpc) is 2.90. The van der Waals surface area contributed by atoms with E-state index >= 15 is 0 Å². The third kappa shape index (κ3) is 3.36. The van der Waals surface area contributed by atoms with Crippen molar-refractivity contribution < 1.29 is 4.42 Å². The van der Waals surface area contributed by atoms with Gasteiger partial charge in [-0.3, -0.25) is 0 Å². The molecule has 21 heavy (non-hydrogen) atoms. The van der Waals surface area contributed by atoms with Crippen molar-refractivity contribution in [1.82, 2.24) is 10.2 Å². The molecule has 0 spiro atoms. The van der Waals surface area contributed by atoms with Crippen LogP contribution in [0.4, 0.5) is 5.69 Å². The topological polar surface area (TPSA) is 96.9 Å². The lowest BCUT2D eigenvalue weighted by Gasteiger charge is -2.28. The quantitative estimate of drug-likeness (QED) is 0.788. The van der Waals surface area contributed by atoms with Gasteiger partial charge in [-0.15, -0.1) is 5.10 Å². The number of nitrogens with two attached hydrogens (primary N) is 1. The van der Waals surface area contributed by atoms with Crippen molar-refractivity contribution in [3.63, 3.8) is 0 Å². The summed E-state index contributed by atoms with van der Waals surface area (Å²) in [5, 5.41) is 9.65. The van der Waals surface area contributed by atoms with Crippen LogP contribution >= 0.6 is 15.9 Å². The van der Waals surface area contributed by atoms with E-state index in [2.05, 4.69) is 31.4 Å². The first-order chi connectivity index (χ1) is 10.1. The summed E-state index contributed by atoms with van der Waals surface area (Å²) >= 11 is 3.54. The molecule has 112 valence electrons. The molecule has 0 saturated heterocycles. The van der Waals surface area contributed by atoms with Gasteiger partial charge in [-0.05, 0) is 59.8 Å². The summed E-state index contributed by atoms with van der Waals surface area (Å²) in [4.78, 5) is 11.0. The molecule has 1 aromatic carbocycles. The van der Waals surface area contributed by atoms with Crippen molar-refractivity contribution in [2.75, 3.05) is 5.32 Å². The van der Waals surface area contributed by atoms with Crippen molar-refractivity contribution in [1.29, 1.82) is 0 Å². The zero-order chi connectivity index (χ0) is 14.8. The highest BCUT2D eigenvalue weighted by atomic mass is 79.9. The van der Waals surface area contributed by atoms with Crippen molar-refractivity contribution in [2.45, 2.75) is 37.8 Å². The number of benzene rings is 1. The van der Waals surface area contributed by atoms with E-state index in [0.29, 0.717) is 18.0 Å². The van der Waals surface area contributed by atoms with Crippen LogP contribution in [0.3, 0.4) is 0 Å². The van der Waals surface area contributed by atoms with Crippen molar-refractivity contribution in [2.24, 2.45) is 5.73 Å². The molecule has 0 aliphatic heterocycles. The predicted octanol–water partition coefficient (Wildman–Crippen LogP) is 2.47. The molecule has 2 aromatic rings. The Bertz CT molecular complexity index is 674. The van der Waals surface area contributed by atoms with Crippen LogP contribution in [-0.2, 0) is 0 Å². The normalized spacial score (nSPS) is 22.2. The van der Waals surface area contributed by atoms with E-state index in [0.717, 1.165) is 41.4 Å². The van der Waals surface area contributed by atoms with Gasteiger partial charge in [0.2, 0.25) is 5.89 Å². The molecule has 3 rings (SSSR count). The predicted molar refractivity (Wildman–Crippen MR) is 84.1 cm³/mol. The van der Waals surface area contributed by atoms with Crippen LogP contribution in [0.25, 0.3) is 11.5 Å². The van der Waals surface area contributed by atoms with E-state index in [1.165, 1.54) is 0 Å². The maximum Gasteiger partial charge on any atom is 0.434 e. The molecule has 0 unspecified atom stereocenters. The summed E-state index contributed by atoms with van der Waals surface area (Å²) in [7, 11) is 0. The molecule has 0 bridgehead atoms. The fourth-order valence-corrected chi connectivity index (χ4v) is 2.97. The molecule has 1 heterocycles. The number of halogens is 1. The number of nitrogens with one attached hydrogen (secondary N) is 2. The second-order valence-corrected chi connectivity index (χ2v) is 6.22. The molecular weight excluding hydrogens is 336 g/mol. The van der Waals surface area contributed by atoms with E-state index in [1.54, 1.807) is 0 Å². The van der Waals surface area contributed by atoms with Crippen LogP contribution in [0, 0.1) is 0 Å². The van der Waals surface area contributed by atoms with Gasteiger partial charge in [0.05, 0.1) is 0 Å². The molecule has 7 heteroatoms. The lowest BCUT2D eigenvalue weighted by Crippen LogP contribution is -2.32. The first-order valence-electron chi connectivity index (χ1n) is 6.99. The lowest BCUT2D eigenvalue weighted by molar-refractivity contribution is 0.411. The van der Waals surface area contributed by atoms with Gasteiger partial charge in [-0.1, -0.05) is 0 Å². The first-order valence-corrected chi connectivity index (χ1v) is 7.78. The Kier molecular flexibility index (Phi) is 4.12. The zero-order valence-corrected chi connectivity index (χ0v) is 13.0. The number of hydrogen-bond acceptors (Lipinski definition) is 5. The Balaban J connectivity index is 1.80. The molecule has 0 amide bonds. The zero-order valence-electron chi connectivity index (χ0n) is 11.4. The molecular formula is C14H17BrN4O2. The first kappa shape index (κ1) is 14.3. The number of hydrogen-bond donors (Lipinski definition) is 3. The number of nitrogens with zero attached hydrogens (tertiary/aromatic N) is 1. The fourth-order valence-electron chi connectivity index (χ4n) is 2.61. The van der Waals surface area contributed by atoms with E-state index < -0.39 is 5.76 Å².